The zero-order valence-electron chi connectivity index (χ0n) is 12.2. The van der Waals surface area contributed by atoms with Gasteiger partial charge in [0.1, 0.15) is 0 Å². The zero-order valence-corrected chi connectivity index (χ0v) is 12.2. The molecule has 2 rings (SSSR count). The van der Waals surface area contributed by atoms with Crippen molar-refractivity contribution in [2.75, 3.05) is 37.7 Å². The monoisotopic (exact) mass is 276 g/mol. The summed E-state index contributed by atoms with van der Waals surface area (Å²) in [5.74, 6) is 0.754. The minimum absolute atomic E-state index is 0.0541. The molecule has 0 aromatic heterocycles. The Bertz CT molecular complexity index is 422. The van der Waals surface area contributed by atoms with Gasteiger partial charge in [-0.2, -0.15) is 0 Å². The zero-order chi connectivity index (χ0) is 14.4. The van der Waals surface area contributed by atoms with E-state index >= 15 is 0 Å². The van der Waals surface area contributed by atoms with E-state index in [9.17, 15) is 9.90 Å². The van der Waals surface area contributed by atoms with E-state index in [1.54, 1.807) is 0 Å². The molecule has 1 N–H and O–H groups in total. The average Bonchev–Trinajstić information content (AvgIpc) is 2.47. The van der Waals surface area contributed by atoms with Crippen LogP contribution in [0.1, 0.15) is 19.8 Å². The van der Waals surface area contributed by atoms with Crippen LogP contribution in [0.15, 0.2) is 30.3 Å². The van der Waals surface area contributed by atoms with Gasteiger partial charge in [0.15, 0.2) is 0 Å². The number of hydrogen-bond acceptors (Lipinski definition) is 3. The lowest BCUT2D eigenvalue weighted by atomic mass is 10.0. The Morgan fingerprint density at radius 1 is 1.40 bits per heavy atom. The van der Waals surface area contributed by atoms with Gasteiger partial charge in [0.05, 0.1) is 13.2 Å². The van der Waals surface area contributed by atoms with Gasteiger partial charge in [0, 0.05) is 25.3 Å². The van der Waals surface area contributed by atoms with Gasteiger partial charge in [-0.1, -0.05) is 25.1 Å². The van der Waals surface area contributed by atoms with Crippen molar-refractivity contribution in [3.63, 3.8) is 0 Å². The number of nitrogens with zero attached hydrogens (tertiary/aromatic N) is 2. The summed E-state index contributed by atoms with van der Waals surface area (Å²) in [5.41, 5.74) is 0.986. The molecule has 1 heterocycles. The Kier molecular flexibility index (Phi) is 5.41. The van der Waals surface area contributed by atoms with Gasteiger partial charge < -0.3 is 14.9 Å². The highest BCUT2D eigenvalue weighted by atomic mass is 16.3. The Morgan fingerprint density at radius 3 is 2.80 bits per heavy atom. The number of likely N-dealkylation sites (tertiary alicyclic amines) is 1. The highest BCUT2D eigenvalue weighted by Gasteiger charge is 2.22. The third-order valence-electron chi connectivity index (χ3n) is 3.83. The lowest BCUT2D eigenvalue weighted by Gasteiger charge is -2.33. The van der Waals surface area contributed by atoms with Crippen LogP contribution in [0.4, 0.5) is 5.69 Å². The summed E-state index contributed by atoms with van der Waals surface area (Å²) in [5, 5.41) is 9.20. The molecule has 0 bridgehead atoms. The fourth-order valence-corrected chi connectivity index (χ4v) is 2.74. The van der Waals surface area contributed by atoms with Gasteiger partial charge in [-0.15, -0.1) is 0 Å². The molecule has 0 saturated carbocycles. The van der Waals surface area contributed by atoms with Crippen LogP contribution >= 0.6 is 0 Å². The van der Waals surface area contributed by atoms with E-state index in [1.165, 1.54) is 6.42 Å². The second kappa shape index (κ2) is 7.29. The minimum atomic E-state index is 0.0541. The van der Waals surface area contributed by atoms with E-state index in [0.717, 1.165) is 25.2 Å². The van der Waals surface area contributed by atoms with Crippen LogP contribution < -0.4 is 4.90 Å². The minimum Gasteiger partial charge on any atom is -0.395 e. The first-order valence-corrected chi connectivity index (χ1v) is 7.39. The molecule has 4 nitrogen and oxygen atoms in total. The Balaban J connectivity index is 1.99. The van der Waals surface area contributed by atoms with Gasteiger partial charge in [0.2, 0.25) is 5.91 Å². The Morgan fingerprint density at radius 2 is 2.15 bits per heavy atom. The van der Waals surface area contributed by atoms with Crippen molar-refractivity contribution in [1.29, 1.82) is 0 Å². The summed E-state index contributed by atoms with van der Waals surface area (Å²) < 4.78 is 0. The maximum Gasteiger partial charge on any atom is 0.242 e. The molecule has 1 saturated heterocycles. The predicted molar refractivity (Wildman–Crippen MR) is 80.7 cm³/mol. The summed E-state index contributed by atoms with van der Waals surface area (Å²) in [6.07, 6.45) is 2.31. The van der Waals surface area contributed by atoms with Crippen molar-refractivity contribution in [2.24, 2.45) is 5.92 Å². The number of hydrogen-bond donors (Lipinski definition) is 1. The number of anilines is 1. The van der Waals surface area contributed by atoms with Crippen LogP contribution in [0.2, 0.25) is 0 Å². The lowest BCUT2D eigenvalue weighted by Crippen LogP contribution is -2.45. The first-order chi connectivity index (χ1) is 9.70. The molecular formula is C16H24N2O2. The van der Waals surface area contributed by atoms with E-state index in [4.69, 9.17) is 0 Å². The van der Waals surface area contributed by atoms with E-state index in [2.05, 4.69) is 6.92 Å². The van der Waals surface area contributed by atoms with Crippen molar-refractivity contribution in [3.8, 4) is 0 Å². The molecule has 1 atom stereocenters. The van der Waals surface area contributed by atoms with Gasteiger partial charge in [-0.3, -0.25) is 4.79 Å². The number of carbonyl (C=O) groups is 1. The number of aliphatic hydroxyl groups excluding tert-OH is 1. The second-order valence-electron chi connectivity index (χ2n) is 5.57. The topological polar surface area (TPSA) is 43.8 Å². The molecule has 1 aromatic carbocycles. The highest BCUT2D eigenvalue weighted by Crippen LogP contribution is 2.17. The first kappa shape index (κ1) is 14.9. The molecule has 1 aliphatic heterocycles. The number of carbonyl (C=O) groups excluding carboxylic acids is 1. The van der Waals surface area contributed by atoms with Gasteiger partial charge >= 0.3 is 0 Å². The molecule has 110 valence electrons. The lowest BCUT2D eigenvalue weighted by molar-refractivity contribution is -0.131. The van der Waals surface area contributed by atoms with Crippen molar-refractivity contribution in [2.45, 2.75) is 19.8 Å². The molecule has 1 amide bonds. The average molecular weight is 276 g/mol. The van der Waals surface area contributed by atoms with Crippen LogP contribution in [0.3, 0.4) is 0 Å². The molecule has 0 aliphatic carbocycles. The van der Waals surface area contributed by atoms with Crippen LogP contribution in [-0.4, -0.2) is 48.7 Å². The molecule has 1 unspecified atom stereocenters. The maximum atomic E-state index is 12.4. The molecular weight excluding hydrogens is 252 g/mol. The molecule has 1 aliphatic rings. The molecule has 1 fully saturated rings. The molecule has 1 aromatic rings. The second-order valence-corrected chi connectivity index (χ2v) is 5.57. The number of rotatable bonds is 5. The third kappa shape index (κ3) is 3.97. The van der Waals surface area contributed by atoms with Crippen molar-refractivity contribution < 1.29 is 9.90 Å². The summed E-state index contributed by atoms with van der Waals surface area (Å²) in [7, 11) is 0. The first-order valence-electron chi connectivity index (χ1n) is 7.39. The van der Waals surface area contributed by atoms with E-state index in [-0.39, 0.29) is 12.5 Å². The summed E-state index contributed by atoms with van der Waals surface area (Å²) in [4.78, 5) is 16.3. The van der Waals surface area contributed by atoms with Crippen LogP contribution in [0, 0.1) is 5.92 Å². The van der Waals surface area contributed by atoms with Crippen molar-refractivity contribution in [3.05, 3.63) is 30.3 Å². The van der Waals surface area contributed by atoms with Gasteiger partial charge in [-0.05, 0) is 30.9 Å². The summed E-state index contributed by atoms with van der Waals surface area (Å²) in [6, 6.07) is 9.80. The van der Waals surface area contributed by atoms with Crippen LogP contribution in [-0.2, 0) is 4.79 Å². The highest BCUT2D eigenvalue weighted by molar-refractivity contribution is 5.81. The van der Waals surface area contributed by atoms with E-state index in [0.29, 0.717) is 19.0 Å². The normalized spacial score (nSPS) is 18.9. The number of aliphatic hydroxyl groups is 1. The molecule has 0 radical (unpaired) electrons. The standard InChI is InChI=1S/C16H24N2O2/c1-14-6-5-9-18(12-14)16(20)13-17(10-11-19)15-7-3-2-4-8-15/h2-4,7-8,14,19H,5-6,9-13H2,1H3. The largest absolute Gasteiger partial charge is 0.395 e. The number of amides is 1. The number of para-hydroxylation sites is 1. The smallest absolute Gasteiger partial charge is 0.242 e. The fraction of sp³-hybridized carbons (Fsp3) is 0.562. The van der Waals surface area contributed by atoms with Crippen molar-refractivity contribution in [1.82, 2.24) is 4.90 Å². The van der Waals surface area contributed by atoms with E-state index in [1.807, 2.05) is 40.1 Å². The van der Waals surface area contributed by atoms with Crippen molar-refractivity contribution >= 4 is 11.6 Å². The summed E-state index contributed by atoms with van der Waals surface area (Å²) >= 11 is 0. The Hall–Kier alpha value is -1.55. The van der Waals surface area contributed by atoms with Gasteiger partial charge in [0.25, 0.3) is 0 Å². The van der Waals surface area contributed by atoms with E-state index < -0.39 is 0 Å². The predicted octanol–water partition coefficient (Wildman–Crippen LogP) is 1.74. The number of benzene rings is 1. The van der Waals surface area contributed by atoms with Crippen LogP contribution in [0.25, 0.3) is 0 Å². The number of piperidine rings is 1. The Labute approximate surface area is 121 Å². The quantitative estimate of drug-likeness (QED) is 0.891. The molecule has 4 heteroatoms. The fourth-order valence-electron chi connectivity index (χ4n) is 2.74. The maximum absolute atomic E-state index is 12.4. The third-order valence-corrected chi connectivity index (χ3v) is 3.83. The summed E-state index contributed by atoms with van der Waals surface area (Å²) in [6.45, 7) is 4.81. The van der Waals surface area contributed by atoms with Crippen LogP contribution in [0.5, 0.6) is 0 Å². The van der Waals surface area contributed by atoms with Gasteiger partial charge in [-0.25, -0.2) is 0 Å². The molecule has 20 heavy (non-hydrogen) atoms. The SMILES string of the molecule is CC1CCCN(C(=O)CN(CCO)c2ccccc2)C1. The molecule has 0 spiro atoms.